The fraction of sp³-hybridized carbons (Fsp3) is 0.375. The van der Waals surface area contributed by atoms with Crippen LogP contribution in [-0.2, 0) is 14.3 Å². The monoisotopic (exact) mass is 421 g/mol. The Morgan fingerprint density at radius 1 is 1.26 bits per heavy atom. The second-order valence-corrected chi connectivity index (χ2v) is 8.39. The van der Waals surface area contributed by atoms with Gasteiger partial charge in [0, 0.05) is 12.2 Å². The molecule has 31 heavy (non-hydrogen) atoms. The zero-order valence-electron chi connectivity index (χ0n) is 18.0. The van der Waals surface area contributed by atoms with Gasteiger partial charge in [-0.3, -0.25) is 9.59 Å². The molecule has 162 valence electrons. The zero-order valence-corrected chi connectivity index (χ0v) is 18.0. The van der Waals surface area contributed by atoms with Crippen LogP contribution in [-0.4, -0.2) is 37.0 Å². The van der Waals surface area contributed by atoms with Crippen LogP contribution in [0.5, 0.6) is 0 Å². The van der Waals surface area contributed by atoms with E-state index in [-0.39, 0.29) is 24.5 Å². The summed E-state index contributed by atoms with van der Waals surface area (Å²) in [5.41, 5.74) is 4.56. The van der Waals surface area contributed by atoms with Gasteiger partial charge in [-0.05, 0) is 55.0 Å². The molecule has 2 N–H and O–H groups in total. The Labute approximate surface area is 181 Å². The number of benzene rings is 2. The van der Waals surface area contributed by atoms with Gasteiger partial charge in [0.05, 0.1) is 16.9 Å². The van der Waals surface area contributed by atoms with Gasteiger partial charge in [-0.15, -0.1) is 0 Å². The Morgan fingerprint density at radius 3 is 2.84 bits per heavy atom. The molecule has 1 saturated heterocycles. The summed E-state index contributed by atoms with van der Waals surface area (Å²) < 4.78 is 5.23. The number of nitrogens with zero attached hydrogens (tertiary/aromatic N) is 1. The molecule has 2 heterocycles. The summed E-state index contributed by atoms with van der Waals surface area (Å²) >= 11 is 0. The van der Waals surface area contributed by atoms with Crippen molar-refractivity contribution >= 4 is 34.8 Å². The molecule has 0 aliphatic carbocycles. The molecule has 2 aromatic carbocycles. The molecular formula is C24H27N3O4. The lowest BCUT2D eigenvalue weighted by Crippen LogP contribution is -2.43. The van der Waals surface area contributed by atoms with Crippen molar-refractivity contribution in [3.8, 4) is 0 Å². The summed E-state index contributed by atoms with van der Waals surface area (Å²) in [6.07, 6.45) is 1.80. The van der Waals surface area contributed by atoms with Crippen LogP contribution >= 0.6 is 0 Å². The van der Waals surface area contributed by atoms with Gasteiger partial charge in [-0.2, -0.15) is 0 Å². The SMILES string of the molecule is Cc1cccc(C(C)C)c1NC(=O)COC(=O)c1ccc2c(c1)NC(=O)[C@@H]1CCCN21. The number of anilines is 3. The van der Waals surface area contributed by atoms with E-state index in [0.717, 1.165) is 41.9 Å². The molecule has 0 spiro atoms. The molecule has 4 rings (SSSR count). The van der Waals surface area contributed by atoms with Crippen LogP contribution < -0.4 is 15.5 Å². The van der Waals surface area contributed by atoms with Gasteiger partial charge >= 0.3 is 5.97 Å². The molecule has 2 aliphatic heterocycles. The topological polar surface area (TPSA) is 87.7 Å². The number of aryl methyl sites for hydroxylation is 1. The predicted octanol–water partition coefficient (Wildman–Crippen LogP) is 3.83. The minimum absolute atomic E-state index is 0.0471. The molecule has 7 nitrogen and oxygen atoms in total. The van der Waals surface area contributed by atoms with Crippen molar-refractivity contribution in [2.75, 3.05) is 28.7 Å². The highest BCUT2D eigenvalue weighted by Gasteiger charge is 2.36. The normalized spacial score (nSPS) is 17.1. The first-order valence-electron chi connectivity index (χ1n) is 10.6. The van der Waals surface area contributed by atoms with Crippen LogP contribution in [0.2, 0.25) is 0 Å². The maximum atomic E-state index is 12.5. The second-order valence-electron chi connectivity index (χ2n) is 8.39. The van der Waals surface area contributed by atoms with Crippen LogP contribution in [0.3, 0.4) is 0 Å². The second kappa shape index (κ2) is 8.41. The Bertz CT molecular complexity index is 1050. The number of carbonyl (C=O) groups excluding carboxylic acids is 3. The quantitative estimate of drug-likeness (QED) is 0.717. The Kier molecular flexibility index (Phi) is 5.67. The first-order valence-corrected chi connectivity index (χ1v) is 10.6. The number of esters is 1. The third kappa shape index (κ3) is 4.13. The summed E-state index contributed by atoms with van der Waals surface area (Å²) in [5, 5.41) is 5.75. The number of nitrogens with one attached hydrogen (secondary N) is 2. The van der Waals surface area contributed by atoms with E-state index in [1.165, 1.54) is 0 Å². The van der Waals surface area contributed by atoms with E-state index in [1.54, 1.807) is 12.1 Å². The van der Waals surface area contributed by atoms with Crippen molar-refractivity contribution in [3.05, 3.63) is 53.1 Å². The number of hydrogen-bond acceptors (Lipinski definition) is 5. The zero-order chi connectivity index (χ0) is 22.1. The van der Waals surface area contributed by atoms with E-state index >= 15 is 0 Å². The summed E-state index contributed by atoms with van der Waals surface area (Å²) in [6, 6.07) is 10.8. The molecule has 0 bridgehead atoms. The molecule has 1 atom stereocenters. The molecule has 2 aliphatic rings. The Morgan fingerprint density at radius 2 is 2.06 bits per heavy atom. The summed E-state index contributed by atoms with van der Waals surface area (Å²) in [5.74, 6) is -0.798. The minimum Gasteiger partial charge on any atom is -0.452 e. The summed E-state index contributed by atoms with van der Waals surface area (Å²) in [6.45, 7) is 6.49. The van der Waals surface area contributed by atoms with E-state index in [2.05, 4.69) is 29.4 Å². The first kappa shape index (κ1) is 20.9. The number of hydrogen-bond donors (Lipinski definition) is 2. The lowest BCUT2D eigenvalue weighted by molar-refractivity contribution is -0.119. The van der Waals surface area contributed by atoms with Crippen LogP contribution in [0.25, 0.3) is 0 Å². The number of para-hydroxylation sites is 1. The number of rotatable bonds is 5. The number of fused-ring (bicyclic) bond motifs is 3. The lowest BCUT2D eigenvalue weighted by atomic mass is 9.98. The van der Waals surface area contributed by atoms with Crippen molar-refractivity contribution in [1.29, 1.82) is 0 Å². The standard InChI is InChI=1S/C24H27N3O4/c1-14(2)17-7-4-6-15(3)22(17)26-21(28)13-31-24(30)16-9-10-19-18(12-16)25-23(29)20-8-5-11-27(19)20/h4,6-7,9-10,12,14,20H,5,8,11,13H2,1-3H3,(H,25,29)(H,26,28)/t20-/m0/s1. The molecule has 1 fully saturated rings. The van der Waals surface area contributed by atoms with Gasteiger partial charge in [0.1, 0.15) is 6.04 Å². The van der Waals surface area contributed by atoms with Crippen LogP contribution in [0.4, 0.5) is 17.1 Å². The summed E-state index contributed by atoms with van der Waals surface area (Å²) in [7, 11) is 0. The maximum Gasteiger partial charge on any atom is 0.338 e. The highest BCUT2D eigenvalue weighted by atomic mass is 16.5. The van der Waals surface area contributed by atoms with Crippen molar-refractivity contribution in [2.45, 2.75) is 45.6 Å². The van der Waals surface area contributed by atoms with Crippen LogP contribution in [0.15, 0.2) is 36.4 Å². The van der Waals surface area contributed by atoms with E-state index in [1.807, 2.05) is 31.2 Å². The molecule has 0 radical (unpaired) electrons. The fourth-order valence-corrected chi connectivity index (χ4v) is 4.29. The molecule has 2 amide bonds. The minimum atomic E-state index is -0.607. The molecule has 2 aromatic rings. The Balaban J connectivity index is 1.41. The molecular weight excluding hydrogens is 394 g/mol. The number of carbonyl (C=O) groups is 3. The van der Waals surface area contributed by atoms with Crippen LogP contribution in [0, 0.1) is 6.92 Å². The van der Waals surface area contributed by atoms with Gasteiger partial charge in [0.2, 0.25) is 5.91 Å². The average Bonchev–Trinajstić information content (AvgIpc) is 3.24. The molecule has 0 saturated carbocycles. The smallest absolute Gasteiger partial charge is 0.338 e. The maximum absolute atomic E-state index is 12.5. The number of ether oxygens (including phenoxy) is 1. The van der Waals surface area contributed by atoms with Gasteiger partial charge in [0.15, 0.2) is 6.61 Å². The van der Waals surface area contributed by atoms with E-state index < -0.39 is 11.9 Å². The van der Waals surface area contributed by atoms with Gasteiger partial charge in [-0.25, -0.2) is 4.79 Å². The first-order chi connectivity index (χ1) is 14.8. The average molecular weight is 421 g/mol. The van der Waals surface area contributed by atoms with Crippen molar-refractivity contribution < 1.29 is 19.1 Å². The van der Waals surface area contributed by atoms with E-state index in [9.17, 15) is 14.4 Å². The molecule has 0 aromatic heterocycles. The molecule has 7 heteroatoms. The third-order valence-electron chi connectivity index (χ3n) is 5.88. The largest absolute Gasteiger partial charge is 0.452 e. The van der Waals surface area contributed by atoms with Gasteiger partial charge < -0.3 is 20.3 Å². The predicted molar refractivity (Wildman–Crippen MR) is 120 cm³/mol. The number of amides is 2. The van der Waals surface area contributed by atoms with Crippen LogP contribution in [0.1, 0.15) is 54.1 Å². The fourth-order valence-electron chi connectivity index (χ4n) is 4.29. The van der Waals surface area contributed by atoms with Crippen molar-refractivity contribution in [1.82, 2.24) is 0 Å². The van der Waals surface area contributed by atoms with E-state index in [4.69, 9.17) is 4.74 Å². The van der Waals surface area contributed by atoms with E-state index in [0.29, 0.717) is 11.3 Å². The molecule has 0 unspecified atom stereocenters. The Hall–Kier alpha value is -3.35. The van der Waals surface area contributed by atoms with Gasteiger partial charge in [0.25, 0.3) is 5.91 Å². The summed E-state index contributed by atoms with van der Waals surface area (Å²) in [4.78, 5) is 39.3. The third-order valence-corrected chi connectivity index (χ3v) is 5.88. The van der Waals surface area contributed by atoms with Crippen molar-refractivity contribution in [3.63, 3.8) is 0 Å². The van der Waals surface area contributed by atoms with Crippen molar-refractivity contribution in [2.24, 2.45) is 0 Å². The highest BCUT2D eigenvalue weighted by Crippen LogP contribution is 2.37. The highest BCUT2D eigenvalue weighted by molar-refractivity contribution is 6.05. The van der Waals surface area contributed by atoms with Gasteiger partial charge in [-0.1, -0.05) is 32.0 Å². The lowest BCUT2D eigenvalue weighted by Gasteiger charge is -2.33.